The fraction of sp³-hybridized carbons (Fsp3) is 0.250. The lowest BCUT2D eigenvalue weighted by Gasteiger charge is -2.32. The average molecular weight is 318 g/mol. The van der Waals surface area contributed by atoms with Gasteiger partial charge in [0.05, 0.1) is 12.6 Å². The van der Waals surface area contributed by atoms with Crippen molar-refractivity contribution in [1.82, 2.24) is 0 Å². The third-order valence-corrected chi connectivity index (χ3v) is 4.02. The third-order valence-electron chi connectivity index (χ3n) is 3.49. The molecule has 2 unspecified atom stereocenters. The molecule has 0 amide bonds. The maximum Gasteiger partial charge on any atom is 0.124 e. The van der Waals surface area contributed by atoms with Gasteiger partial charge in [0.2, 0.25) is 0 Å². The number of rotatable bonds is 2. The van der Waals surface area contributed by atoms with Crippen LogP contribution in [0.1, 0.15) is 18.5 Å². The van der Waals surface area contributed by atoms with Crippen LogP contribution in [0.15, 0.2) is 53.0 Å². The normalized spacial score (nSPS) is 21.4. The second kappa shape index (κ2) is 5.25. The molecule has 0 bridgehead atoms. The van der Waals surface area contributed by atoms with Crippen molar-refractivity contribution in [3.8, 4) is 5.75 Å². The maximum atomic E-state index is 5.78. The summed E-state index contributed by atoms with van der Waals surface area (Å²) in [5, 5.41) is 3.61. The van der Waals surface area contributed by atoms with Crippen molar-refractivity contribution in [2.75, 3.05) is 11.9 Å². The standard InChI is InChI=1S/C16H16BrNO/c1-11-10-19-15-5-3-2-4-14(15)16(11)18-13-8-6-12(17)7-9-13/h2-9,11,16,18H,10H2,1H3. The Labute approximate surface area is 121 Å². The summed E-state index contributed by atoms with van der Waals surface area (Å²) < 4.78 is 6.87. The molecule has 3 heteroatoms. The number of hydrogen-bond donors (Lipinski definition) is 1. The largest absolute Gasteiger partial charge is 0.493 e. The molecule has 2 nitrogen and oxygen atoms in total. The monoisotopic (exact) mass is 317 g/mol. The molecule has 0 fully saturated rings. The first-order chi connectivity index (χ1) is 9.24. The van der Waals surface area contributed by atoms with Crippen molar-refractivity contribution in [2.45, 2.75) is 13.0 Å². The van der Waals surface area contributed by atoms with Gasteiger partial charge in [0.25, 0.3) is 0 Å². The SMILES string of the molecule is CC1COc2ccccc2C1Nc1ccc(Br)cc1. The van der Waals surface area contributed by atoms with Crippen molar-refractivity contribution < 1.29 is 4.74 Å². The van der Waals surface area contributed by atoms with Crippen molar-refractivity contribution >= 4 is 21.6 Å². The molecule has 19 heavy (non-hydrogen) atoms. The molecule has 1 aliphatic rings. The van der Waals surface area contributed by atoms with Crippen molar-refractivity contribution in [3.63, 3.8) is 0 Å². The Morgan fingerprint density at radius 3 is 2.63 bits per heavy atom. The highest BCUT2D eigenvalue weighted by molar-refractivity contribution is 9.10. The summed E-state index contributed by atoms with van der Waals surface area (Å²) in [4.78, 5) is 0. The lowest BCUT2D eigenvalue weighted by molar-refractivity contribution is 0.214. The van der Waals surface area contributed by atoms with Crippen LogP contribution in [-0.4, -0.2) is 6.61 Å². The lowest BCUT2D eigenvalue weighted by atomic mass is 9.92. The van der Waals surface area contributed by atoms with Gasteiger partial charge in [0, 0.05) is 21.6 Å². The molecule has 0 spiro atoms. The van der Waals surface area contributed by atoms with E-state index in [1.54, 1.807) is 0 Å². The minimum absolute atomic E-state index is 0.297. The number of hydrogen-bond acceptors (Lipinski definition) is 2. The maximum absolute atomic E-state index is 5.78. The Morgan fingerprint density at radius 2 is 1.84 bits per heavy atom. The first kappa shape index (κ1) is 12.5. The fourth-order valence-corrected chi connectivity index (χ4v) is 2.70. The van der Waals surface area contributed by atoms with Crippen LogP contribution in [0.3, 0.4) is 0 Å². The zero-order chi connectivity index (χ0) is 13.2. The van der Waals surface area contributed by atoms with Gasteiger partial charge in [-0.25, -0.2) is 0 Å². The topological polar surface area (TPSA) is 21.3 Å². The molecular weight excluding hydrogens is 302 g/mol. The van der Waals surface area contributed by atoms with Crippen molar-refractivity contribution in [2.24, 2.45) is 5.92 Å². The Morgan fingerprint density at radius 1 is 1.11 bits per heavy atom. The predicted octanol–water partition coefficient (Wildman–Crippen LogP) is 4.63. The molecule has 1 heterocycles. The quantitative estimate of drug-likeness (QED) is 0.871. The summed E-state index contributed by atoms with van der Waals surface area (Å²) in [7, 11) is 0. The minimum atomic E-state index is 0.297. The van der Waals surface area contributed by atoms with Crippen LogP contribution in [0.25, 0.3) is 0 Å². The van der Waals surface area contributed by atoms with Gasteiger partial charge in [-0.05, 0) is 30.3 Å². The summed E-state index contributed by atoms with van der Waals surface area (Å²) in [5.74, 6) is 1.44. The average Bonchev–Trinajstić information content (AvgIpc) is 2.44. The Balaban J connectivity index is 1.89. The molecule has 2 aromatic rings. The smallest absolute Gasteiger partial charge is 0.124 e. The summed E-state index contributed by atoms with van der Waals surface area (Å²) in [6.45, 7) is 2.97. The highest BCUT2D eigenvalue weighted by atomic mass is 79.9. The van der Waals surface area contributed by atoms with Crippen molar-refractivity contribution in [3.05, 3.63) is 58.6 Å². The molecule has 0 radical (unpaired) electrons. The number of nitrogens with one attached hydrogen (secondary N) is 1. The molecule has 1 N–H and O–H groups in total. The summed E-state index contributed by atoms with van der Waals surface area (Å²) in [6.07, 6.45) is 0. The van der Waals surface area contributed by atoms with Crippen LogP contribution in [0.4, 0.5) is 5.69 Å². The Bertz CT molecular complexity index is 567. The lowest BCUT2D eigenvalue weighted by Crippen LogP contribution is -2.28. The minimum Gasteiger partial charge on any atom is -0.493 e. The Hall–Kier alpha value is -1.48. The number of ether oxygens (including phenoxy) is 1. The number of halogens is 1. The van der Waals surface area contributed by atoms with Gasteiger partial charge < -0.3 is 10.1 Å². The van der Waals surface area contributed by atoms with E-state index in [1.165, 1.54) is 5.56 Å². The molecular formula is C16H16BrNO. The molecule has 98 valence electrons. The number of benzene rings is 2. The van der Waals surface area contributed by atoms with E-state index in [9.17, 15) is 0 Å². The Kier molecular flexibility index (Phi) is 3.47. The van der Waals surface area contributed by atoms with E-state index >= 15 is 0 Å². The van der Waals surface area contributed by atoms with E-state index in [4.69, 9.17) is 4.74 Å². The molecule has 0 saturated carbocycles. The highest BCUT2D eigenvalue weighted by Crippen LogP contribution is 2.37. The second-order valence-corrected chi connectivity index (χ2v) is 5.87. The number of fused-ring (bicyclic) bond motifs is 1. The van der Waals surface area contributed by atoms with Gasteiger partial charge in [-0.15, -0.1) is 0 Å². The van der Waals surface area contributed by atoms with Gasteiger partial charge in [-0.2, -0.15) is 0 Å². The van der Waals surface area contributed by atoms with E-state index in [1.807, 2.05) is 12.1 Å². The van der Waals surface area contributed by atoms with Gasteiger partial charge in [0.1, 0.15) is 5.75 Å². The van der Waals surface area contributed by atoms with Crippen LogP contribution in [0.5, 0.6) is 5.75 Å². The van der Waals surface area contributed by atoms with Crippen molar-refractivity contribution in [1.29, 1.82) is 0 Å². The molecule has 0 aliphatic carbocycles. The third kappa shape index (κ3) is 2.61. The van der Waals surface area contributed by atoms with Crippen LogP contribution >= 0.6 is 15.9 Å². The van der Waals surface area contributed by atoms with Crippen LogP contribution in [-0.2, 0) is 0 Å². The molecule has 0 saturated heterocycles. The van der Waals surface area contributed by atoms with Gasteiger partial charge >= 0.3 is 0 Å². The first-order valence-corrected chi connectivity index (χ1v) is 7.27. The predicted molar refractivity (Wildman–Crippen MR) is 81.6 cm³/mol. The molecule has 3 rings (SSSR count). The molecule has 0 aromatic heterocycles. The highest BCUT2D eigenvalue weighted by Gasteiger charge is 2.27. The van der Waals surface area contributed by atoms with Gasteiger partial charge in [-0.3, -0.25) is 0 Å². The first-order valence-electron chi connectivity index (χ1n) is 6.48. The van der Waals surface area contributed by atoms with E-state index in [0.29, 0.717) is 12.0 Å². The van der Waals surface area contributed by atoms with E-state index < -0.39 is 0 Å². The van der Waals surface area contributed by atoms with E-state index in [2.05, 4.69) is 64.6 Å². The van der Waals surface area contributed by atoms with E-state index in [-0.39, 0.29) is 0 Å². The summed E-state index contributed by atoms with van der Waals surface area (Å²) >= 11 is 3.46. The molecule has 2 atom stereocenters. The number of para-hydroxylation sites is 1. The van der Waals surface area contributed by atoms with Crippen LogP contribution < -0.4 is 10.1 Å². The van der Waals surface area contributed by atoms with Crippen LogP contribution in [0, 0.1) is 5.92 Å². The van der Waals surface area contributed by atoms with Gasteiger partial charge in [0.15, 0.2) is 0 Å². The zero-order valence-corrected chi connectivity index (χ0v) is 12.4. The summed E-state index contributed by atoms with van der Waals surface area (Å²) in [5.41, 5.74) is 2.38. The molecule has 2 aromatic carbocycles. The zero-order valence-electron chi connectivity index (χ0n) is 10.8. The number of anilines is 1. The van der Waals surface area contributed by atoms with E-state index in [0.717, 1.165) is 22.5 Å². The molecule has 1 aliphatic heterocycles. The fourth-order valence-electron chi connectivity index (χ4n) is 2.44. The summed E-state index contributed by atoms with van der Waals surface area (Å²) in [6, 6.07) is 16.9. The van der Waals surface area contributed by atoms with Crippen LogP contribution in [0.2, 0.25) is 0 Å². The van der Waals surface area contributed by atoms with Gasteiger partial charge in [-0.1, -0.05) is 41.1 Å². The second-order valence-electron chi connectivity index (χ2n) is 4.96.